The minimum absolute atomic E-state index is 0.0899. The van der Waals surface area contributed by atoms with Gasteiger partial charge in [-0.05, 0) is 5.41 Å². The van der Waals surface area contributed by atoms with E-state index in [2.05, 4.69) is 9.80 Å². The fourth-order valence-electron chi connectivity index (χ4n) is 2.01. The first-order valence-electron chi connectivity index (χ1n) is 6.88. The highest BCUT2D eigenvalue weighted by atomic mass is 32.2. The number of sulfone groups is 1. The number of hydrogen-bond acceptors (Lipinski definition) is 5. The largest absolute Gasteiger partial charge is 0.391 e. The zero-order valence-corrected chi connectivity index (χ0v) is 13.4. The van der Waals surface area contributed by atoms with E-state index in [-0.39, 0.29) is 17.3 Å². The molecule has 1 rings (SSSR count). The summed E-state index contributed by atoms with van der Waals surface area (Å²) in [5.41, 5.74) is -0.0899. The Hall–Kier alpha value is -0.170. The lowest BCUT2D eigenvalue weighted by Crippen LogP contribution is -2.50. The van der Waals surface area contributed by atoms with E-state index < -0.39 is 9.84 Å². The van der Waals surface area contributed by atoms with Gasteiger partial charge in [-0.1, -0.05) is 20.8 Å². The number of piperazine rings is 1. The van der Waals surface area contributed by atoms with Crippen LogP contribution < -0.4 is 0 Å². The first-order chi connectivity index (χ1) is 8.58. The molecule has 0 spiro atoms. The van der Waals surface area contributed by atoms with Gasteiger partial charge in [-0.25, -0.2) is 8.42 Å². The van der Waals surface area contributed by atoms with Crippen molar-refractivity contribution in [3.8, 4) is 0 Å². The van der Waals surface area contributed by atoms with Crippen LogP contribution in [0.15, 0.2) is 0 Å². The van der Waals surface area contributed by atoms with Gasteiger partial charge in [0.15, 0.2) is 0 Å². The summed E-state index contributed by atoms with van der Waals surface area (Å²) in [6.07, 6.45) is 0.957. The van der Waals surface area contributed by atoms with Crippen LogP contribution >= 0.6 is 0 Å². The Morgan fingerprint density at radius 2 is 1.58 bits per heavy atom. The third-order valence-corrected chi connectivity index (χ3v) is 4.60. The monoisotopic (exact) mass is 292 g/mol. The Morgan fingerprint density at radius 1 is 1.11 bits per heavy atom. The quantitative estimate of drug-likeness (QED) is 0.776. The molecular formula is C13H28N2O3S. The number of aliphatic hydroxyl groups is 1. The molecular weight excluding hydrogens is 264 g/mol. The second-order valence-electron chi connectivity index (χ2n) is 6.65. The van der Waals surface area contributed by atoms with E-state index >= 15 is 0 Å². The molecule has 1 unspecified atom stereocenters. The fraction of sp³-hybridized carbons (Fsp3) is 1.00. The van der Waals surface area contributed by atoms with Gasteiger partial charge in [-0.15, -0.1) is 0 Å². The van der Waals surface area contributed by atoms with Gasteiger partial charge in [0.25, 0.3) is 0 Å². The molecule has 0 aliphatic carbocycles. The van der Waals surface area contributed by atoms with Gasteiger partial charge in [0, 0.05) is 45.5 Å². The predicted molar refractivity (Wildman–Crippen MR) is 78.1 cm³/mol. The zero-order valence-electron chi connectivity index (χ0n) is 12.6. The van der Waals surface area contributed by atoms with Crippen molar-refractivity contribution in [3.05, 3.63) is 0 Å². The maximum absolute atomic E-state index is 11.1. The molecule has 1 saturated heterocycles. The Balaban J connectivity index is 2.29. The minimum atomic E-state index is -2.87. The summed E-state index contributed by atoms with van der Waals surface area (Å²) < 4.78 is 22.2. The number of rotatable bonds is 5. The fourth-order valence-corrected chi connectivity index (χ4v) is 2.60. The van der Waals surface area contributed by atoms with Crippen molar-refractivity contribution in [2.75, 3.05) is 51.3 Å². The summed E-state index contributed by atoms with van der Waals surface area (Å²) in [5, 5.41) is 10.1. The van der Waals surface area contributed by atoms with Crippen molar-refractivity contribution in [2.45, 2.75) is 26.9 Å². The summed E-state index contributed by atoms with van der Waals surface area (Å²) in [6, 6.07) is 0. The number of nitrogens with zero attached hydrogens (tertiary/aromatic N) is 2. The van der Waals surface area contributed by atoms with Crippen LogP contribution in [0, 0.1) is 5.41 Å². The van der Waals surface area contributed by atoms with E-state index in [0.717, 1.165) is 26.2 Å². The summed E-state index contributed by atoms with van der Waals surface area (Å²) in [6.45, 7) is 11.0. The summed E-state index contributed by atoms with van der Waals surface area (Å²) in [5.74, 6) is 0.234. The molecule has 1 aliphatic heterocycles. The van der Waals surface area contributed by atoms with E-state index in [0.29, 0.717) is 13.1 Å². The molecule has 1 atom stereocenters. The molecule has 19 heavy (non-hydrogen) atoms. The molecule has 0 aromatic rings. The van der Waals surface area contributed by atoms with Crippen molar-refractivity contribution in [1.82, 2.24) is 9.80 Å². The average molecular weight is 292 g/mol. The van der Waals surface area contributed by atoms with Gasteiger partial charge < -0.3 is 5.11 Å². The maximum atomic E-state index is 11.1. The molecule has 0 aromatic heterocycles. The second kappa shape index (κ2) is 6.52. The summed E-state index contributed by atoms with van der Waals surface area (Å²) in [7, 11) is -2.87. The predicted octanol–water partition coefficient (Wildman–Crippen LogP) is 0.0556. The Kier molecular flexibility index (Phi) is 5.79. The summed E-state index contributed by atoms with van der Waals surface area (Å²) >= 11 is 0. The van der Waals surface area contributed by atoms with Gasteiger partial charge in [-0.3, -0.25) is 9.80 Å². The standard InChI is InChI=1S/C13H28N2O3S/c1-13(2,3)12(16)11-15-7-5-14(6-8-15)9-10-19(4,17)18/h12,16H,5-11H2,1-4H3. The summed E-state index contributed by atoms with van der Waals surface area (Å²) in [4.78, 5) is 4.44. The Morgan fingerprint density at radius 3 is 2.00 bits per heavy atom. The molecule has 0 bridgehead atoms. The van der Waals surface area contributed by atoms with Crippen LogP contribution in [-0.4, -0.2) is 80.7 Å². The average Bonchev–Trinajstić information content (AvgIpc) is 2.26. The molecule has 0 amide bonds. The normalized spacial score (nSPS) is 21.5. The van der Waals surface area contributed by atoms with Crippen LogP contribution in [0.4, 0.5) is 0 Å². The molecule has 0 saturated carbocycles. The highest BCUT2D eigenvalue weighted by molar-refractivity contribution is 7.90. The van der Waals surface area contributed by atoms with Gasteiger partial charge in [0.2, 0.25) is 0 Å². The van der Waals surface area contributed by atoms with Crippen molar-refractivity contribution in [2.24, 2.45) is 5.41 Å². The lowest BCUT2D eigenvalue weighted by Gasteiger charge is -2.37. The van der Waals surface area contributed by atoms with Crippen molar-refractivity contribution in [3.63, 3.8) is 0 Å². The number of hydrogen-bond donors (Lipinski definition) is 1. The molecule has 5 nitrogen and oxygen atoms in total. The van der Waals surface area contributed by atoms with Crippen LogP contribution in [0.5, 0.6) is 0 Å². The molecule has 0 aromatic carbocycles. The van der Waals surface area contributed by atoms with Crippen molar-refractivity contribution >= 4 is 9.84 Å². The molecule has 6 heteroatoms. The first-order valence-corrected chi connectivity index (χ1v) is 8.94. The van der Waals surface area contributed by atoms with Gasteiger partial charge in [-0.2, -0.15) is 0 Å². The maximum Gasteiger partial charge on any atom is 0.148 e. The molecule has 1 N–H and O–H groups in total. The van der Waals surface area contributed by atoms with Crippen LogP contribution in [0.1, 0.15) is 20.8 Å². The lowest BCUT2D eigenvalue weighted by molar-refractivity contribution is 0.0141. The highest BCUT2D eigenvalue weighted by Gasteiger charge is 2.26. The third-order valence-electron chi connectivity index (χ3n) is 3.67. The van der Waals surface area contributed by atoms with E-state index in [1.165, 1.54) is 6.26 Å². The minimum Gasteiger partial charge on any atom is -0.391 e. The molecule has 1 heterocycles. The molecule has 0 radical (unpaired) electrons. The molecule has 1 fully saturated rings. The smallest absolute Gasteiger partial charge is 0.148 e. The number of aliphatic hydroxyl groups excluding tert-OH is 1. The van der Waals surface area contributed by atoms with E-state index in [9.17, 15) is 13.5 Å². The van der Waals surface area contributed by atoms with E-state index in [1.54, 1.807) is 0 Å². The first kappa shape index (κ1) is 16.9. The SMILES string of the molecule is CC(C)(C)C(O)CN1CCN(CCS(C)(=O)=O)CC1. The third kappa shape index (κ3) is 6.70. The van der Waals surface area contributed by atoms with Crippen molar-refractivity contribution in [1.29, 1.82) is 0 Å². The van der Waals surface area contributed by atoms with Gasteiger partial charge in [0.05, 0.1) is 11.9 Å². The Bertz CT molecular complexity index is 368. The van der Waals surface area contributed by atoms with Crippen LogP contribution in [0.25, 0.3) is 0 Å². The highest BCUT2D eigenvalue weighted by Crippen LogP contribution is 2.20. The van der Waals surface area contributed by atoms with Crippen molar-refractivity contribution < 1.29 is 13.5 Å². The van der Waals surface area contributed by atoms with E-state index in [1.807, 2.05) is 20.8 Å². The molecule has 114 valence electrons. The van der Waals surface area contributed by atoms with E-state index in [4.69, 9.17) is 0 Å². The van der Waals surface area contributed by atoms with Crippen LogP contribution in [0.3, 0.4) is 0 Å². The second-order valence-corrected chi connectivity index (χ2v) is 8.91. The lowest BCUT2D eigenvalue weighted by atomic mass is 9.89. The van der Waals surface area contributed by atoms with Gasteiger partial charge in [0.1, 0.15) is 9.84 Å². The topological polar surface area (TPSA) is 60.9 Å². The van der Waals surface area contributed by atoms with Crippen LogP contribution in [0.2, 0.25) is 0 Å². The Labute approximate surface area is 117 Å². The van der Waals surface area contributed by atoms with Gasteiger partial charge >= 0.3 is 0 Å². The zero-order chi connectivity index (χ0) is 14.7. The van der Waals surface area contributed by atoms with Crippen LogP contribution in [-0.2, 0) is 9.84 Å². The molecule has 1 aliphatic rings. The number of β-amino-alcohol motifs (C(OH)–C–C–N with tert-alkyl or cyclic N) is 1.